The number of amides is 4. The predicted octanol–water partition coefficient (Wildman–Crippen LogP) is 2.73. The summed E-state index contributed by atoms with van der Waals surface area (Å²) in [4.78, 5) is 43.7. The second-order valence-corrected chi connectivity index (χ2v) is 8.00. The topological polar surface area (TPSA) is 91.4 Å². The molecule has 9 heteroatoms. The fraction of sp³-hybridized carbons (Fsp3) is 0.333. The van der Waals surface area contributed by atoms with Gasteiger partial charge in [0.05, 0.1) is 18.7 Å². The third-order valence-electron chi connectivity index (χ3n) is 4.62. The van der Waals surface area contributed by atoms with Crippen molar-refractivity contribution in [2.24, 2.45) is 0 Å². The quantitative estimate of drug-likeness (QED) is 0.749. The fourth-order valence-corrected chi connectivity index (χ4v) is 4.52. The van der Waals surface area contributed by atoms with Gasteiger partial charge in [0.15, 0.2) is 5.13 Å². The van der Waals surface area contributed by atoms with Gasteiger partial charge in [-0.05, 0) is 30.9 Å². The van der Waals surface area contributed by atoms with Crippen LogP contribution in [0.5, 0.6) is 0 Å². The van der Waals surface area contributed by atoms with Crippen LogP contribution < -0.4 is 10.6 Å². The lowest BCUT2D eigenvalue weighted by atomic mass is 10.1. The number of aromatic nitrogens is 1. The van der Waals surface area contributed by atoms with Crippen molar-refractivity contribution < 1.29 is 14.4 Å². The summed E-state index contributed by atoms with van der Waals surface area (Å²) in [5, 5.41) is 6.33. The Hall–Kier alpha value is -2.45. The van der Waals surface area contributed by atoms with Crippen LogP contribution in [0.4, 0.5) is 9.93 Å². The number of hydrogen-bond donors (Lipinski definition) is 2. The summed E-state index contributed by atoms with van der Waals surface area (Å²) in [6.45, 7) is 0.0711. The first-order chi connectivity index (χ1) is 13.0. The van der Waals surface area contributed by atoms with Gasteiger partial charge >= 0.3 is 6.03 Å². The number of nitrogens with zero attached hydrogens (tertiary/aromatic N) is 2. The Morgan fingerprint density at radius 2 is 2.15 bits per heavy atom. The number of carbonyl (C=O) groups excluding carboxylic acids is 3. The van der Waals surface area contributed by atoms with Crippen LogP contribution in [0.3, 0.4) is 0 Å². The molecule has 1 aliphatic heterocycles. The normalized spacial score (nSPS) is 18.6. The highest BCUT2D eigenvalue weighted by molar-refractivity contribution is 7.15. The molecule has 0 spiro atoms. The van der Waals surface area contributed by atoms with Gasteiger partial charge < -0.3 is 10.6 Å². The molecule has 2 aliphatic rings. The van der Waals surface area contributed by atoms with Crippen molar-refractivity contribution in [3.05, 3.63) is 45.4 Å². The minimum absolute atomic E-state index is 0.0711. The molecule has 2 N–H and O–H groups in total. The first-order valence-electron chi connectivity index (χ1n) is 8.65. The van der Waals surface area contributed by atoms with E-state index in [0.717, 1.165) is 29.9 Å². The van der Waals surface area contributed by atoms with E-state index >= 15 is 0 Å². The number of aryl methyl sites for hydroxylation is 2. The molecule has 2 heterocycles. The lowest BCUT2D eigenvalue weighted by molar-refractivity contribution is -0.130. The van der Waals surface area contributed by atoms with E-state index in [1.165, 1.54) is 16.2 Å². The number of hydrogen-bond acceptors (Lipinski definition) is 5. The van der Waals surface area contributed by atoms with Crippen LogP contribution in [0.25, 0.3) is 0 Å². The van der Waals surface area contributed by atoms with Gasteiger partial charge in [0.1, 0.15) is 6.04 Å². The third-order valence-corrected chi connectivity index (χ3v) is 6.07. The maximum absolute atomic E-state index is 12.5. The van der Waals surface area contributed by atoms with Crippen molar-refractivity contribution >= 4 is 45.9 Å². The first-order valence-corrected chi connectivity index (χ1v) is 9.84. The molecule has 1 aromatic heterocycles. The van der Waals surface area contributed by atoms with Gasteiger partial charge in [-0.1, -0.05) is 29.8 Å². The average Bonchev–Trinajstić information content (AvgIpc) is 3.27. The van der Waals surface area contributed by atoms with E-state index < -0.39 is 18.0 Å². The van der Waals surface area contributed by atoms with E-state index in [9.17, 15) is 14.4 Å². The molecule has 1 saturated heterocycles. The molecule has 7 nitrogen and oxygen atoms in total. The van der Waals surface area contributed by atoms with E-state index in [2.05, 4.69) is 15.6 Å². The number of urea groups is 1. The summed E-state index contributed by atoms with van der Waals surface area (Å²) in [5.74, 6) is -0.780. The fourth-order valence-electron chi connectivity index (χ4n) is 3.26. The van der Waals surface area contributed by atoms with E-state index in [1.54, 1.807) is 24.3 Å². The van der Waals surface area contributed by atoms with Crippen LogP contribution in [0, 0.1) is 0 Å². The highest BCUT2D eigenvalue weighted by Crippen LogP contribution is 2.30. The number of anilines is 1. The van der Waals surface area contributed by atoms with E-state index in [-0.39, 0.29) is 18.9 Å². The van der Waals surface area contributed by atoms with Crippen molar-refractivity contribution in [1.82, 2.24) is 15.2 Å². The van der Waals surface area contributed by atoms with Crippen molar-refractivity contribution in [2.45, 2.75) is 38.3 Å². The van der Waals surface area contributed by atoms with Crippen molar-refractivity contribution in [3.63, 3.8) is 0 Å². The summed E-state index contributed by atoms with van der Waals surface area (Å²) in [6, 6.07) is 5.61. The molecule has 4 amide bonds. The molecular weight excluding hydrogens is 388 g/mol. The van der Waals surface area contributed by atoms with Gasteiger partial charge in [-0.2, -0.15) is 0 Å². The van der Waals surface area contributed by atoms with E-state index in [1.807, 2.05) is 0 Å². The minimum Gasteiger partial charge on any atom is -0.325 e. The van der Waals surface area contributed by atoms with Crippen LogP contribution in [0.15, 0.2) is 24.3 Å². The molecule has 0 radical (unpaired) electrons. The number of fused-ring (bicyclic) bond motifs is 1. The zero-order valence-electron chi connectivity index (χ0n) is 14.3. The van der Waals surface area contributed by atoms with Gasteiger partial charge in [0.25, 0.3) is 5.91 Å². The summed E-state index contributed by atoms with van der Waals surface area (Å²) in [7, 11) is 0. The molecule has 0 saturated carbocycles. The largest absolute Gasteiger partial charge is 0.325 e. The predicted molar refractivity (Wildman–Crippen MR) is 102 cm³/mol. The van der Waals surface area contributed by atoms with Gasteiger partial charge in [-0.25, -0.2) is 9.78 Å². The van der Waals surface area contributed by atoms with E-state index in [4.69, 9.17) is 11.6 Å². The molecule has 2 aromatic rings. The summed E-state index contributed by atoms with van der Waals surface area (Å²) in [5.41, 5.74) is 1.72. The molecule has 140 valence electrons. The van der Waals surface area contributed by atoms with Crippen molar-refractivity contribution in [3.8, 4) is 0 Å². The number of thiazole rings is 1. The SMILES string of the molecule is O=C(CC1NC(=O)N(Cc2ccccc2Cl)C1=O)Nc1nc2c(s1)CCC2. The highest BCUT2D eigenvalue weighted by atomic mass is 35.5. The second-order valence-electron chi connectivity index (χ2n) is 6.51. The monoisotopic (exact) mass is 404 g/mol. The lowest BCUT2D eigenvalue weighted by Crippen LogP contribution is -2.34. The van der Waals surface area contributed by atoms with Crippen LogP contribution in [0.2, 0.25) is 5.02 Å². The standard InChI is InChI=1S/C18H17ClN4O3S/c19-11-5-2-1-4-10(11)9-23-16(25)13(21-18(23)26)8-15(24)22-17-20-12-6-3-7-14(12)27-17/h1-2,4-5,13H,3,6-9H2,(H,21,26)(H,20,22,24). The third kappa shape index (κ3) is 3.68. The average molecular weight is 405 g/mol. The van der Waals surface area contributed by atoms with Gasteiger partial charge in [-0.15, -0.1) is 11.3 Å². The number of carbonyl (C=O) groups is 3. The molecule has 0 bridgehead atoms. The Bertz CT molecular complexity index is 908. The van der Waals surface area contributed by atoms with Crippen LogP contribution in [-0.2, 0) is 29.0 Å². The van der Waals surface area contributed by atoms with Crippen molar-refractivity contribution in [2.75, 3.05) is 5.32 Å². The Balaban J connectivity index is 1.38. The Morgan fingerprint density at radius 3 is 2.93 bits per heavy atom. The molecule has 1 unspecified atom stereocenters. The van der Waals surface area contributed by atoms with Crippen LogP contribution in [0.1, 0.15) is 29.0 Å². The summed E-state index contributed by atoms with van der Waals surface area (Å²) in [6.07, 6.45) is 2.91. The molecule has 1 fully saturated rings. The minimum atomic E-state index is -0.883. The van der Waals surface area contributed by atoms with Gasteiger partial charge in [0, 0.05) is 9.90 Å². The Morgan fingerprint density at radius 1 is 1.33 bits per heavy atom. The Labute approximate surface area is 164 Å². The molecule has 27 heavy (non-hydrogen) atoms. The number of rotatable bonds is 5. The number of imide groups is 1. The second kappa shape index (κ2) is 7.28. The van der Waals surface area contributed by atoms with E-state index in [0.29, 0.717) is 15.7 Å². The highest BCUT2D eigenvalue weighted by Gasteiger charge is 2.39. The van der Waals surface area contributed by atoms with Crippen molar-refractivity contribution in [1.29, 1.82) is 0 Å². The summed E-state index contributed by atoms with van der Waals surface area (Å²) < 4.78 is 0. The van der Waals surface area contributed by atoms with Gasteiger partial charge in [0.2, 0.25) is 5.91 Å². The number of halogens is 1. The molecule has 4 rings (SSSR count). The zero-order valence-corrected chi connectivity index (χ0v) is 15.9. The molecule has 1 aromatic carbocycles. The van der Waals surface area contributed by atoms with Gasteiger partial charge in [-0.3, -0.25) is 14.5 Å². The van der Waals surface area contributed by atoms with Crippen LogP contribution in [-0.4, -0.2) is 33.8 Å². The molecule has 1 aliphatic carbocycles. The first kappa shape index (κ1) is 17.9. The summed E-state index contributed by atoms with van der Waals surface area (Å²) >= 11 is 7.57. The zero-order chi connectivity index (χ0) is 19.0. The molecular formula is C18H17ClN4O3S. The molecule has 1 atom stereocenters. The Kier molecular flexibility index (Phi) is 4.84. The van der Waals surface area contributed by atoms with Crippen LogP contribution >= 0.6 is 22.9 Å². The smallest absolute Gasteiger partial charge is 0.325 e. The number of nitrogens with one attached hydrogen (secondary N) is 2. The lowest BCUT2D eigenvalue weighted by Gasteiger charge is -2.14. The maximum Gasteiger partial charge on any atom is 0.325 e. The maximum atomic E-state index is 12.5. The number of benzene rings is 1.